The van der Waals surface area contributed by atoms with Crippen LogP contribution < -0.4 is 9.47 Å². The number of hydrogen-bond acceptors (Lipinski definition) is 5. The molecular weight excluding hydrogens is 356 g/mol. The van der Waals surface area contributed by atoms with E-state index >= 15 is 0 Å². The second-order valence-corrected chi connectivity index (χ2v) is 7.24. The first-order valence-corrected chi connectivity index (χ1v) is 9.41. The summed E-state index contributed by atoms with van der Waals surface area (Å²) >= 11 is 0. The molecule has 0 saturated carbocycles. The summed E-state index contributed by atoms with van der Waals surface area (Å²) in [4.78, 5) is 19.0. The summed E-state index contributed by atoms with van der Waals surface area (Å²) in [6, 6.07) is 15.4. The number of rotatable bonds is 2. The van der Waals surface area contributed by atoms with Gasteiger partial charge in [-0.1, -0.05) is 24.3 Å². The van der Waals surface area contributed by atoms with Crippen LogP contribution in [-0.2, 0) is 0 Å². The molecule has 5 rings (SSSR count). The molecule has 1 aromatic heterocycles. The van der Waals surface area contributed by atoms with E-state index in [0.717, 1.165) is 22.2 Å². The number of hydrogen-bond donors (Lipinski definition) is 1. The largest absolute Gasteiger partial charge is 0.454 e. The van der Waals surface area contributed by atoms with E-state index in [9.17, 15) is 9.90 Å². The number of pyridine rings is 1. The maximum atomic E-state index is 12.9. The Labute approximate surface area is 162 Å². The fraction of sp³-hybridized carbons (Fsp3) is 0.273. The zero-order valence-corrected chi connectivity index (χ0v) is 15.2. The zero-order chi connectivity index (χ0) is 19.1. The van der Waals surface area contributed by atoms with Gasteiger partial charge in [0.1, 0.15) is 0 Å². The molecule has 3 aromatic rings. The van der Waals surface area contributed by atoms with Gasteiger partial charge in [-0.25, -0.2) is 0 Å². The second-order valence-electron chi connectivity index (χ2n) is 7.24. The number of ether oxygens (including phenoxy) is 2. The van der Waals surface area contributed by atoms with Crippen LogP contribution in [0.4, 0.5) is 0 Å². The van der Waals surface area contributed by atoms with Gasteiger partial charge >= 0.3 is 0 Å². The molecule has 1 fully saturated rings. The Morgan fingerprint density at radius 2 is 1.96 bits per heavy atom. The predicted octanol–water partition coefficient (Wildman–Crippen LogP) is 2.95. The van der Waals surface area contributed by atoms with Crippen molar-refractivity contribution < 1.29 is 19.4 Å². The molecule has 2 aromatic carbocycles. The number of piperidine rings is 1. The molecule has 3 heterocycles. The molecule has 1 saturated heterocycles. The Kier molecular flexibility index (Phi) is 4.13. The molecule has 0 bridgehead atoms. The van der Waals surface area contributed by atoms with Crippen molar-refractivity contribution in [3.63, 3.8) is 0 Å². The molecule has 0 aliphatic carbocycles. The van der Waals surface area contributed by atoms with Gasteiger partial charge in [0.25, 0.3) is 5.91 Å². The van der Waals surface area contributed by atoms with Gasteiger partial charge in [0.05, 0.1) is 17.2 Å². The maximum absolute atomic E-state index is 12.9. The second kappa shape index (κ2) is 6.80. The quantitative estimate of drug-likeness (QED) is 0.745. The van der Waals surface area contributed by atoms with Crippen molar-refractivity contribution >= 4 is 16.8 Å². The van der Waals surface area contributed by atoms with E-state index in [2.05, 4.69) is 4.98 Å². The van der Waals surface area contributed by atoms with E-state index in [0.29, 0.717) is 30.8 Å². The van der Waals surface area contributed by atoms with Gasteiger partial charge < -0.3 is 19.5 Å². The minimum Gasteiger partial charge on any atom is -0.454 e. The number of nitrogens with zero attached hydrogens (tertiary/aromatic N) is 2. The van der Waals surface area contributed by atoms with E-state index in [1.807, 2.05) is 48.5 Å². The summed E-state index contributed by atoms with van der Waals surface area (Å²) < 4.78 is 10.8. The molecule has 142 valence electrons. The highest BCUT2D eigenvalue weighted by Gasteiger charge is 2.32. The van der Waals surface area contributed by atoms with Crippen molar-refractivity contribution in [2.24, 2.45) is 0 Å². The topological polar surface area (TPSA) is 71.9 Å². The highest BCUT2D eigenvalue weighted by Crippen LogP contribution is 2.37. The van der Waals surface area contributed by atoms with Crippen LogP contribution >= 0.6 is 0 Å². The summed E-state index contributed by atoms with van der Waals surface area (Å²) in [5.74, 6) is 1.31. The van der Waals surface area contributed by atoms with Gasteiger partial charge in [0.2, 0.25) is 6.79 Å². The molecule has 1 N–H and O–H groups in total. The third-order valence-electron chi connectivity index (χ3n) is 5.53. The lowest BCUT2D eigenvalue weighted by Crippen LogP contribution is -2.45. The van der Waals surface area contributed by atoms with E-state index in [1.165, 1.54) is 0 Å². The molecule has 2 aliphatic rings. The molecule has 0 radical (unpaired) electrons. The van der Waals surface area contributed by atoms with Crippen molar-refractivity contribution in [2.45, 2.75) is 18.4 Å². The Bertz CT molecular complexity index is 1050. The summed E-state index contributed by atoms with van der Waals surface area (Å²) in [5, 5.41) is 11.7. The average Bonchev–Trinajstić information content (AvgIpc) is 3.20. The van der Waals surface area contributed by atoms with E-state index in [4.69, 9.17) is 9.47 Å². The molecule has 2 atom stereocenters. The van der Waals surface area contributed by atoms with Crippen LogP contribution in [-0.4, -0.2) is 46.9 Å². The lowest BCUT2D eigenvalue weighted by molar-refractivity contribution is 0.0381. The Balaban J connectivity index is 1.32. The van der Waals surface area contributed by atoms with Gasteiger partial charge in [-0.3, -0.25) is 9.78 Å². The fourth-order valence-electron chi connectivity index (χ4n) is 4.02. The number of carbonyl (C=O) groups excluding carboxylic acids is 1. The zero-order valence-electron chi connectivity index (χ0n) is 15.2. The number of aliphatic hydroxyl groups is 1. The first kappa shape index (κ1) is 17.0. The van der Waals surface area contributed by atoms with Gasteiger partial charge in [0, 0.05) is 30.6 Å². The number of carbonyl (C=O) groups is 1. The molecule has 2 aliphatic heterocycles. The third-order valence-corrected chi connectivity index (χ3v) is 5.53. The fourth-order valence-corrected chi connectivity index (χ4v) is 4.02. The number of para-hydroxylation sites is 1. The average molecular weight is 376 g/mol. The number of benzene rings is 2. The summed E-state index contributed by atoms with van der Waals surface area (Å²) in [5.41, 5.74) is 2.42. The van der Waals surface area contributed by atoms with E-state index in [1.54, 1.807) is 11.1 Å². The van der Waals surface area contributed by atoms with Crippen molar-refractivity contribution in [3.8, 4) is 11.5 Å². The van der Waals surface area contributed by atoms with E-state index in [-0.39, 0.29) is 18.6 Å². The molecule has 28 heavy (non-hydrogen) atoms. The van der Waals surface area contributed by atoms with Gasteiger partial charge in [-0.05, 0) is 36.2 Å². The highest BCUT2D eigenvalue weighted by molar-refractivity contribution is 5.97. The lowest BCUT2D eigenvalue weighted by atomic mass is 9.86. The number of likely N-dealkylation sites (tertiary alicyclic amines) is 1. The lowest BCUT2D eigenvalue weighted by Gasteiger charge is -2.36. The van der Waals surface area contributed by atoms with Crippen molar-refractivity contribution in [3.05, 3.63) is 65.9 Å². The van der Waals surface area contributed by atoms with Crippen molar-refractivity contribution in [2.75, 3.05) is 19.9 Å². The number of aromatic nitrogens is 1. The van der Waals surface area contributed by atoms with E-state index < -0.39 is 6.10 Å². The first-order chi connectivity index (χ1) is 13.7. The van der Waals surface area contributed by atoms with Crippen LogP contribution in [0.1, 0.15) is 28.3 Å². The summed E-state index contributed by atoms with van der Waals surface area (Å²) in [7, 11) is 0. The van der Waals surface area contributed by atoms with Crippen LogP contribution in [0.2, 0.25) is 0 Å². The van der Waals surface area contributed by atoms with Crippen LogP contribution in [0.15, 0.2) is 54.7 Å². The summed E-state index contributed by atoms with van der Waals surface area (Å²) in [6.07, 6.45) is 1.67. The minimum absolute atomic E-state index is 0.0340. The highest BCUT2D eigenvalue weighted by atomic mass is 16.7. The molecular formula is C22H20N2O4. The summed E-state index contributed by atoms with van der Waals surface area (Å²) in [6.45, 7) is 1.11. The first-order valence-electron chi connectivity index (χ1n) is 9.41. The SMILES string of the molecule is O=C(c1cnc2ccccc2c1)N1CC[C@@H](c2ccc3c(c2)OCO3)[C@H](O)C1. The van der Waals surface area contributed by atoms with Crippen LogP contribution in [0, 0.1) is 0 Å². The smallest absolute Gasteiger partial charge is 0.255 e. The van der Waals surface area contributed by atoms with Crippen LogP contribution in [0.5, 0.6) is 11.5 Å². The third kappa shape index (κ3) is 2.96. The molecule has 6 nitrogen and oxygen atoms in total. The number of amides is 1. The van der Waals surface area contributed by atoms with Crippen LogP contribution in [0.3, 0.4) is 0 Å². The molecule has 0 spiro atoms. The Morgan fingerprint density at radius 3 is 2.86 bits per heavy atom. The Morgan fingerprint density at radius 1 is 1.11 bits per heavy atom. The van der Waals surface area contributed by atoms with Gasteiger partial charge in [-0.2, -0.15) is 0 Å². The van der Waals surface area contributed by atoms with Gasteiger partial charge in [-0.15, -0.1) is 0 Å². The number of aliphatic hydroxyl groups excluding tert-OH is 1. The number of β-amino-alcohol motifs (C(OH)–C–C–N with tert-alkyl or cyclic N) is 1. The van der Waals surface area contributed by atoms with Crippen LogP contribution in [0.25, 0.3) is 10.9 Å². The molecule has 6 heteroatoms. The molecule has 1 amide bonds. The Hall–Kier alpha value is -3.12. The van der Waals surface area contributed by atoms with Crippen molar-refractivity contribution in [1.82, 2.24) is 9.88 Å². The minimum atomic E-state index is -0.633. The monoisotopic (exact) mass is 376 g/mol. The maximum Gasteiger partial charge on any atom is 0.255 e. The van der Waals surface area contributed by atoms with Crippen molar-refractivity contribution in [1.29, 1.82) is 0 Å². The molecule has 0 unspecified atom stereocenters. The predicted molar refractivity (Wildman–Crippen MR) is 104 cm³/mol. The van der Waals surface area contributed by atoms with Gasteiger partial charge in [0.15, 0.2) is 11.5 Å². The standard InChI is InChI=1S/C22H20N2O4/c25-19-12-24(22(26)16-9-15-3-1-2-4-18(15)23-11-16)8-7-17(19)14-5-6-20-21(10-14)28-13-27-20/h1-6,9-11,17,19,25H,7-8,12-13H2/t17-,19+/m0/s1. The number of fused-ring (bicyclic) bond motifs is 2. The normalized spacial score (nSPS) is 21.1.